The van der Waals surface area contributed by atoms with E-state index in [0.29, 0.717) is 23.5 Å². The number of aromatic nitrogens is 4. The molecule has 0 radical (unpaired) electrons. The second-order valence-electron chi connectivity index (χ2n) is 10.1. The quantitative estimate of drug-likeness (QED) is 0.619. The second kappa shape index (κ2) is 8.24. The van der Waals surface area contributed by atoms with Crippen molar-refractivity contribution in [3.8, 4) is 0 Å². The van der Waals surface area contributed by atoms with E-state index in [2.05, 4.69) is 54.4 Å². The number of piperazine rings is 1. The fraction of sp³-hybridized carbons (Fsp3) is 0.542. The normalized spacial score (nSPS) is 17.8. The molecule has 0 amide bonds. The van der Waals surface area contributed by atoms with Crippen LogP contribution in [0.4, 0.5) is 11.6 Å². The van der Waals surface area contributed by atoms with Crippen molar-refractivity contribution in [2.75, 3.05) is 42.9 Å². The van der Waals surface area contributed by atoms with Gasteiger partial charge in [-0.2, -0.15) is 10.1 Å². The highest BCUT2D eigenvalue weighted by Gasteiger charge is 2.26. The number of benzene rings is 1. The van der Waals surface area contributed by atoms with Gasteiger partial charge in [0.1, 0.15) is 5.39 Å². The van der Waals surface area contributed by atoms with Gasteiger partial charge in [0.25, 0.3) is 5.56 Å². The molecule has 2 aromatic heterocycles. The lowest BCUT2D eigenvalue weighted by molar-refractivity contribution is 0.248. The first-order chi connectivity index (χ1) is 15.4. The summed E-state index contributed by atoms with van der Waals surface area (Å²) < 4.78 is 1.79. The molecule has 1 aliphatic heterocycles. The Balaban J connectivity index is 1.22. The van der Waals surface area contributed by atoms with Crippen molar-refractivity contribution in [3.63, 3.8) is 0 Å². The fourth-order valence-electron chi connectivity index (χ4n) is 4.36. The van der Waals surface area contributed by atoms with Crippen LogP contribution < -0.4 is 15.8 Å². The third-order valence-corrected chi connectivity index (χ3v) is 6.42. The van der Waals surface area contributed by atoms with Gasteiger partial charge in [-0.15, -0.1) is 0 Å². The van der Waals surface area contributed by atoms with Crippen molar-refractivity contribution in [2.24, 2.45) is 5.92 Å². The van der Waals surface area contributed by atoms with Gasteiger partial charge < -0.3 is 10.2 Å². The summed E-state index contributed by atoms with van der Waals surface area (Å²) in [5, 5.41) is 8.13. The molecule has 2 aliphatic rings. The molecule has 0 atom stereocenters. The fourth-order valence-corrected chi connectivity index (χ4v) is 4.36. The van der Waals surface area contributed by atoms with Gasteiger partial charge in [-0.1, -0.05) is 12.1 Å². The number of aromatic amines is 1. The van der Waals surface area contributed by atoms with Gasteiger partial charge in [0.2, 0.25) is 5.95 Å². The van der Waals surface area contributed by atoms with Crippen LogP contribution in [-0.4, -0.2) is 57.4 Å². The highest BCUT2D eigenvalue weighted by atomic mass is 16.1. The van der Waals surface area contributed by atoms with Crippen LogP contribution in [0.5, 0.6) is 0 Å². The molecule has 5 rings (SSSR count). The number of nitrogens with one attached hydrogen (secondary N) is 2. The lowest BCUT2D eigenvalue weighted by Crippen LogP contribution is -2.47. The minimum Gasteiger partial charge on any atom is -0.369 e. The minimum absolute atomic E-state index is 0.177. The molecule has 2 fully saturated rings. The van der Waals surface area contributed by atoms with E-state index in [1.165, 1.54) is 25.1 Å². The number of nitrogens with zero attached hydrogens (tertiary/aromatic N) is 5. The van der Waals surface area contributed by atoms with E-state index in [1.807, 2.05) is 20.8 Å². The standard InChI is InChI=1S/C24H33N7O/c1-24(2,3)31-21-20(15-26-31)22(32)28-23(27-21)25-14-17-6-8-19(9-7-17)30-12-10-29(11-13-30)16-18-4-5-18/h6-9,15,18H,4-5,10-14,16H2,1-3H3,(H2,25,27,28,32). The molecule has 8 nitrogen and oxygen atoms in total. The van der Waals surface area contributed by atoms with Crippen LogP contribution in [0, 0.1) is 5.92 Å². The van der Waals surface area contributed by atoms with Gasteiger partial charge in [-0.05, 0) is 57.2 Å². The Morgan fingerprint density at radius 2 is 1.81 bits per heavy atom. The Morgan fingerprint density at radius 1 is 1.09 bits per heavy atom. The molecule has 0 unspecified atom stereocenters. The van der Waals surface area contributed by atoms with Crippen molar-refractivity contribution in [1.82, 2.24) is 24.6 Å². The van der Waals surface area contributed by atoms with Crippen LogP contribution in [-0.2, 0) is 12.1 Å². The zero-order valence-corrected chi connectivity index (χ0v) is 19.3. The number of fused-ring (bicyclic) bond motifs is 1. The first-order valence-electron chi connectivity index (χ1n) is 11.7. The van der Waals surface area contributed by atoms with E-state index in [-0.39, 0.29) is 11.1 Å². The van der Waals surface area contributed by atoms with Gasteiger partial charge in [0.05, 0.1) is 11.7 Å². The Kier molecular flexibility index (Phi) is 5.41. The molecular formula is C24H33N7O. The van der Waals surface area contributed by atoms with Gasteiger partial charge in [0, 0.05) is 45.0 Å². The maximum Gasteiger partial charge on any atom is 0.263 e. The van der Waals surface area contributed by atoms with Crippen LogP contribution >= 0.6 is 0 Å². The van der Waals surface area contributed by atoms with E-state index < -0.39 is 0 Å². The second-order valence-corrected chi connectivity index (χ2v) is 10.1. The van der Waals surface area contributed by atoms with Crippen LogP contribution in [0.25, 0.3) is 11.0 Å². The summed E-state index contributed by atoms with van der Waals surface area (Å²) in [6.07, 6.45) is 4.43. The third-order valence-electron chi connectivity index (χ3n) is 6.42. The molecule has 1 saturated heterocycles. The molecule has 32 heavy (non-hydrogen) atoms. The molecule has 8 heteroatoms. The summed E-state index contributed by atoms with van der Waals surface area (Å²) in [5.41, 5.74) is 2.60. The van der Waals surface area contributed by atoms with Crippen LogP contribution in [0.3, 0.4) is 0 Å². The van der Waals surface area contributed by atoms with Crippen molar-refractivity contribution in [1.29, 1.82) is 0 Å². The monoisotopic (exact) mass is 435 g/mol. The summed E-state index contributed by atoms with van der Waals surface area (Å²) in [5.74, 6) is 1.43. The zero-order valence-electron chi connectivity index (χ0n) is 19.3. The van der Waals surface area contributed by atoms with Crippen LogP contribution in [0.15, 0.2) is 35.3 Å². The van der Waals surface area contributed by atoms with Gasteiger partial charge in [0.15, 0.2) is 5.65 Å². The molecule has 3 heterocycles. The summed E-state index contributed by atoms with van der Waals surface area (Å²) in [6, 6.07) is 8.69. The molecule has 1 aromatic carbocycles. The Hall–Kier alpha value is -2.87. The molecule has 1 saturated carbocycles. The van der Waals surface area contributed by atoms with Gasteiger partial charge in [-0.25, -0.2) is 4.68 Å². The first-order valence-corrected chi connectivity index (χ1v) is 11.7. The average molecular weight is 436 g/mol. The zero-order chi connectivity index (χ0) is 22.3. The maximum absolute atomic E-state index is 12.5. The van der Waals surface area contributed by atoms with E-state index >= 15 is 0 Å². The molecule has 0 bridgehead atoms. The minimum atomic E-state index is -0.251. The van der Waals surface area contributed by atoms with E-state index in [9.17, 15) is 4.79 Å². The molecule has 3 aromatic rings. The Labute approximate surface area is 188 Å². The van der Waals surface area contributed by atoms with E-state index in [0.717, 1.165) is 37.7 Å². The average Bonchev–Trinajstić information content (AvgIpc) is 3.46. The predicted molar refractivity (Wildman–Crippen MR) is 128 cm³/mol. The van der Waals surface area contributed by atoms with Crippen molar-refractivity contribution in [2.45, 2.75) is 45.7 Å². The smallest absolute Gasteiger partial charge is 0.263 e. The lowest BCUT2D eigenvalue weighted by atomic mass is 10.1. The molecule has 170 valence electrons. The molecule has 0 spiro atoms. The van der Waals surface area contributed by atoms with Crippen LogP contribution in [0.1, 0.15) is 39.2 Å². The third kappa shape index (κ3) is 4.50. The number of hydrogen-bond donors (Lipinski definition) is 2. The largest absolute Gasteiger partial charge is 0.369 e. The Bertz CT molecular complexity index is 1130. The van der Waals surface area contributed by atoms with Crippen molar-refractivity contribution >= 4 is 22.7 Å². The SMILES string of the molecule is CC(C)(C)n1ncc2c(=O)[nH]c(NCc3ccc(N4CCN(CC5CC5)CC4)cc3)nc21. The molecular weight excluding hydrogens is 402 g/mol. The predicted octanol–water partition coefficient (Wildman–Crippen LogP) is 3.02. The topological polar surface area (TPSA) is 82.1 Å². The first kappa shape index (κ1) is 21.0. The van der Waals surface area contributed by atoms with E-state index in [4.69, 9.17) is 0 Å². The maximum atomic E-state index is 12.5. The summed E-state index contributed by atoms with van der Waals surface area (Å²) in [7, 11) is 0. The number of hydrogen-bond acceptors (Lipinski definition) is 6. The highest BCUT2D eigenvalue weighted by molar-refractivity contribution is 5.74. The highest BCUT2D eigenvalue weighted by Crippen LogP contribution is 2.30. The van der Waals surface area contributed by atoms with Crippen LogP contribution in [0.2, 0.25) is 0 Å². The molecule has 1 aliphatic carbocycles. The van der Waals surface area contributed by atoms with Crippen molar-refractivity contribution < 1.29 is 0 Å². The number of rotatable bonds is 6. The summed E-state index contributed by atoms with van der Waals surface area (Å²) in [6.45, 7) is 12.5. The summed E-state index contributed by atoms with van der Waals surface area (Å²) in [4.78, 5) is 25.0. The van der Waals surface area contributed by atoms with Gasteiger partial charge >= 0.3 is 0 Å². The molecule has 2 N–H and O–H groups in total. The number of H-pyrrole nitrogens is 1. The number of anilines is 2. The Morgan fingerprint density at radius 3 is 2.47 bits per heavy atom. The van der Waals surface area contributed by atoms with E-state index in [1.54, 1.807) is 10.9 Å². The summed E-state index contributed by atoms with van der Waals surface area (Å²) >= 11 is 0. The lowest BCUT2D eigenvalue weighted by Gasteiger charge is -2.36. The van der Waals surface area contributed by atoms with Gasteiger partial charge in [-0.3, -0.25) is 14.7 Å². The van der Waals surface area contributed by atoms with Crippen molar-refractivity contribution in [3.05, 3.63) is 46.4 Å².